The van der Waals surface area contributed by atoms with E-state index in [1.54, 1.807) is 13.2 Å². The van der Waals surface area contributed by atoms with Crippen molar-refractivity contribution in [2.24, 2.45) is 5.92 Å². The van der Waals surface area contributed by atoms with Gasteiger partial charge in [-0.1, -0.05) is 24.7 Å². The first-order valence-corrected chi connectivity index (χ1v) is 10.9. The minimum Gasteiger partial charge on any atom is -0.460 e. The van der Waals surface area contributed by atoms with Gasteiger partial charge in [-0.25, -0.2) is 9.78 Å². The van der Waals surface area contributed by atoms with E-state index in [0.717, 1.165) is 30.6 Å². The van der Waals surface area contributed by atoms with Crippen LogP contribution in [0, 0.1) is 5.92 Å². The number of nitrogens with zero attached hydrogens (tertiary/aromatic N) is 3. The minimum absolute atomic E-state index is 0.0277. The van der Waals surface area contributed by atoms with E-state index in [4.69, 9.17) is 9.47 Å². The third-order valence-corrected chi connectivity index (χ3v) is 6.87. The summed E-state index contributed by atoms with van der Waals surface area (Å²) in [6, 6.07) is 0. The molecule has 1 aliphatic heterocycles. The SMILES string of the molecule is CNc1ncc2sc(=O)n(C3CSC(C(=O)OC4CCCC(C)C4)O3)c2n1. The van der Waals surface area contributed by atoms with Crippen LogP contribution < -0.4 is 10.2 Å². The molecule has 0 radical (unpaired) electrons. The van der Waals surface area contributed by atoms with Crippen LogP contribution in [0.15, 0.2) is 11.0 Å². The van der Waals surface area contributed by atoms with Crippen molar-refractivity contribution < 1.29 is 14.3 Å². The summed E-state index contributed by atoms with van der Waals surface area (Å²) in [5.74, 6) is 1.16. The molecular weight excluding hydrogens is 388 g/mol. The van der Waals surface area contributed by atoms with Crippen LogP contribution >= 0.6 is 23.1 Å². The lowest BCUT2D eigenvalue weighted by molar-refractivity contribution is -0.161. The Balaban J connectivity index is 1.48. The van der Waals surface area contributed by atoms with E-state index in [-0.39, 0.29) is 16.9 Å². The van der Waals surface area contributed by atoms with Crippen molar-refractivity contribution in [1.29, 1.82) is 0 Å². The molecule has 1 aliphatic carbocycles. The van der Waals surface area contributed by atoms with Crippen LogP contribution in [-0.2, 0) is 14.3 Å². The molecule has 1 N–H and O–H groups in total. The van der Waals surface area contributed by atoms with Crippen molar-refractivity contribution in [2.75, 3.05) is 18.1 Å². The number of fused-ring (bicyclic) bond motifs is 1. The molecular formula is C17H22N4O4S2. The quantitative estimate of drug-likeness (QED) is 0.769. The highest BCUT2D eigenvalue weighted by Gasteiger charge is 2.37. The Morgan fingerprint density at radius 2 is 2.30 bits per heavy atom. The first-order valence-electron chi connectivity index (χ1n) is 9.08. The Morgan fingerprint density at radius 3 is 3.07 bits per heavy atom. The number of thioether (sulfide) groups is 1. The zero-order valence-corrected chi connectivity index (χ0v) is 16.8. The summed E-state index contributed by atoms with van der Waals surface area (Å²) in [6.45, 7) is 2.19. The van der Waals surface area contributed by atoms with Gasteiger partial charge in [0, 0.05) is 12.8 Å². The van der Waals surface area contributed by atoms with Crippen LogP contribution in [0.5, 0.6) is 0 Å². The van der Waals surface area contributed by atoms with Gasteiger partial charge in [-0.3, -0.25) is 9.36 Å². The van der Waals surface area contributed by atoms with Gasteiger partial charge in [-0.15, -0.1) is 11.8 Å². The van der Waals surface area contributed by atoms with E-state index in [2.05, 4.69) is 22.2 Å². The van der Waals surface area contributed by atoms with Crippen molar-refractivity contribution >= 4 is 45.4 Å². The maximum absolute atomic E-state index is 12.5. The molecule has 4 atom stereocenters. The second-order valence-corrected chi connectivity index (χ2v) is 9.04. The molecule has 0 amide bonds. The predicted octanol–water partition coefficient (Wildman–Crippen LogP) is 2.60. The number of hydrogen-bond acceptors (Lipinski definition) is 9. The van der Waals surface area contributed by atoms with E-state index >= 15 is 0 Å². The van der Waals surface area contributed by atoms with Gasteiger partial charge in [0.15, 0.2) is 11.9 Å². The van der Waals surface area contributed by atoms with E-state index in [0.29, 0.717) is 28.0 Å². The van der Waals surface area contributed by atoms with Crippen molar-refractivity contribution in [3.05, 3.63) is 15.9 Å². The number of aromatic nitrogens is 3. The lowest BCUT2D eigenvalue weighted by Gasteiger charge is -2.27. The number of carbonyl (C=O) groups excluding carboxylic acids is 1. The standard InChI is InChI=1S/C17H22N4O4S2/c1-9-4-3-5-10(6-9)24-14(22)15-25-12(8-26-15)21-13-11(27-17(21)23)7-19-16(18-2)20-13/h7,9-10,12,15H,3-6,8H2,1-2H3,(H,18,19,20). The van der Waals surface area contributed by atoms with Crippen LogP contribution in [0.3, 0.4) is 0 Å². The van der Waals surface area contributed by atoms with Crippen LogP contribution in [0.25, 0.3) is 10.3 Å². The molecule has 8 nitrogen and oxygen atoms in total. The Labute approximate surface area is 164 Å². The highest BCUT2D eigenvalue weighted by Crippen LogP contribution is 2.35. The largest absolute Gasteiger partial charge is 0.460 e. The van der Waals surface area contributed by atoms with Crippen LogP contribution in [0.4, 0.5) is 5.95 Å². The van der Waals surface area contributed by atoms with Gasteiger partial charge in [0.2, 0.25) is 11.4 Å². The molecule has 1 saturated carbocycles. The maximum atomic E-state index is 12.5. The van der Waals surface area contributed by atoms with Crippen LogP contribution in [0.2, 0.25) is 0 Å². The van der Waals surface area contributed by atoms with Gasteiger partial charge in [0.05, 0.1) is 10.9 Å². The summed E-state index contributed by atoms with van der Waals surface area (Å²) >= 11 is 2.43. The molecule has 2 aliphatic rings. The van der Waals surface area contributed by atoms with Crippen molar-refractivity contribution in [3.63, 3.8) is 0 Å². The summed E-state index contributed by atoms with van der Waals surface area (Å²) < 4.78 is 13.7. The van der Waals surface area contributed by atoms with Crippen molar-refractivity contribution in [1.82, 2.24) is 14.5 Å². The maximum Gasteiger partial charge on any atom is 0.346 e. The minimum atomic E-state index is -0.709. The molecule has 0 spiro atoms. The number of rotatable bonds is 4. The third kappa shape index (κ3) is 3.83. The van der Waals surface area contributed by atoms with Gasteiger partial charge in [0.25, 0.3) is 0 Å². The average molecular weight is 411 g/mol. The van der Waals surface area contributed by atoms with E-state index < -0.39 is 11.7 Å². The fraction of sp³-hybridized carbons (Fsp3) is 0.647. The van der Waals surface area contributed by atoms with Crippen molar-refractivity contribution in [2.45, 2.75) is 50.4 Å². The first-order chi connectivity index (χ1) is 13.0. The highest BCUT2D eigenvalue weighted by molar-refractivity contribution is 8.00. The highest BCUT2D eigenvalue weighted by atomic mass is 32.2. The molecule has 2 aromatic heterocycles. The Bertz CT molecular complexity index is 899. The Hall–Kier alpha value is -1.65. The van der Waals surface area contributed by atoms with Gasteiger partial charge in [0.1, 0.15) is 6.10 Å². The summed E-state index contributed by atoms with van der Waals surface area (Å²) in [5.41, 5.74) is -0.190. The fourth-order valence-electron chi connectivity index (χ4n) is 3.57. The molecule has 4 rings (SSSR count). The van der Waals surface area contributed by atoms with E-state index in [1.165, 1.54) is 22.7 Å². The molecule has 10 heteroatoms. The number of carbonyl (C=O) groups is 1. The van der Waals surface area contributed by atoms with Gasteiger partial charge in [-0.2, -0.15) is 4.98 Å². The summed E-state index contributed by atoms with van der Waals surface area (Å²) in [7, 11) is 1.72. The molecule has 27 heavy (non-hydrogen) atoms. The summed E-state index contributed by atoms with van der Waals surface area (Å²) in [4.78, 5) is 33.3. The summed E-state index contributed by atoms with van der Waals surface area (Å²) in [6.07, 6.45) is 5.15. The normalized spacial score (nSPS) is 28.4. The van der Waals surface area contributed by atoms with Gasteiger partial charge in [-0.05, 0) is 25.2 Å². The molecule has 1 saturated heterocycles. The van der Waals surface area contributed by atoms with E-state index in [9.17, 15) is 9.59 Å². The summed E-state index contributed by atoms with van der Waals surface area (Å²) in [5, 5.41) is 2.87. The topological polar surface area (TPSA) is 95.3 Å². The third-order valence-electron chi connectivity index (χ3n) is 4.90. The second-order valence-electron chi connectivity index (χ2n) is 6.96. The number of anilines is 1. The molecule has 0 aromatic carbocycles. The van der Waals surface area contributed by atoms with E-state index in [1.807, 2.05) is 0 Å². The first kappa shape index (κ1) is 18.7. The number of esters is 1. The average Bonchev–Trinajstić information content (AvgIpc) is 3.24. The molecule has 3 heterocycles. The van der Waals surface area contributed by atoms with Gasteiger partial charge < -0.3 is 14.8 Å². The number of hydrogen-bond donors (Lipinski definition) is 1. The van der Waals surface area contributed by atoms with Crippen LogP contribution in [-0.4, -0.2) is 44.8 Å². The number of nitrogens with one attached hydrogen (secondary N) is 1. The molecule has 146 valence electrons. The second kappa shape index (κ2) is 7.76. The predicted molar refractivity (Wildman–Crippen MR) is 105 cm³/mol. The van der Waals surface area contributed by atoms with Gasteiger partial charge >= 0.3 is 10.8 Å². The van der Waals surface area contributed by atoms with Crippen LogP contribution in [0.1, 0.15) is 38.8 Å². The zero-order valence-electron chi connectivity index (χ0n) is 15.2. The Morgan fingerprint density at radius 1 is 1.44 bits per heavy atom. The molecule has 0 bridgehead atoms. The lowest BCUT2D eigenvalue weighted by Crippen LogP contribution is -2.30. The number of ether oxygens (including phenoxy) is 2. The Kier molecular flexibility index (Phi) is 5.38. The number of thiazole rings is 1. The molecule has 4 unspecified atom stereocenters. The smallest absolute Gasteiger partial charge is 0.346 e. The monoisotopic (exact) mass is 410 g/mol. The zero-order chi connectivity index (χ0) is 19.0. The molecule has 2 fully saturated rings. The molecule has 2 aromatic rings. The fourth-order valence-corrected chi connectivity index (χ4v) is 5.36. The van der Waals surface area contributed by atoms with Crippen molar-refractivity contribution in [3.8, 4) is 0 Å². The lowest BCUT2D eigenvalue weighted by atomic mass is 9.89.